The van der Waals surface area contributed by atoms with Gasteiger partial charge >= 0.3 is 5.97 Å². The van der Waals surface area contributed by atoms with Gasteiger partial charge in [-0.25, -0.2) is 13.1 Å². The fourth-order valence-corrected chi connectivity index (χ4v) is 4.39. The van der Waals surface area contributed by atoms with E-state index in [1.165, 1.54) is 28.8 Å². The molecule has 2 heterocycles. The molecule has 12 nitrogen and oxygen atoms in total. The number of hydrogen-bond donors (Lipinski definition) is 1. The van der Waals surface area contributed by atoms with Gasteiger partial charge in [0.1, 0.15) is 17.8 Å². The smallest absolute Gasteiger partial charge is 0.328 e. The Bertz CT molecular complexity index is 977. The lowest BCUT2D eigenvalue weighted by Crippen LogP contribution is -2.40. The van der Waals surface area contributed by atoms with Crippen molar-refractivity contribution in [2.24, 2.45) is 0 Å². The molecule has 0 spiro atoms. The molecule has 1 saturated heterocycles. The fourth-order valence-electron chi connectivity index (χ4n) is 2.48. The van der Waals surface area contributed by atoms with Crippen molar-refractivity contribution in [1.82, 2.24) is 24.5 Å². The molecule has 0 bridgehead atoms. The van der Waals surface area contributed by atoms with Gasteiger partial charge in [0, 0.05) is 18.8 Å². The molecule has 2 aromatic rings. The third-order valence-electron chi connectivity index (χ3n) is 3.85. The lowest BCUT2D eigenvalue weighted by Gasteiger charge is -2.26. The zero-order valence-electron chi connectivity index (χ0n) is 15.0. The monoisotopic (exact) mass is 444 g/mol. The summed E-state index contributed by atoms with van der Waals surface area (Å²) < 4.78 is 38.0. The molecule has 29 heavy (non-hydrogen) atoms. The van der Waals surface area contributed by atoms with Crippen molar-refractivity contribution in [3.05, 3.63) is 29.5 Å². The first-order valence-corrected chi connectivity index (χ1v) is 10.2. The van der Waals surface area contributed by atoms with Crippen molar-refractivity contribution < 1.29 is 27.5 Å². The Morgan fingerprint density at radius 1 is 1.28 bits per heavy atom. The summed E-state index contributed by atoms with van der Waals surface area (Å²) in [4.78, 5) is 23.5. The number of sulfonamides is 1. The summed E-state index contributed by atoms with van der Waals surface area (Å²) in [6.45, 7) is 0.212. The van der Waals surface area contributed by atoms with Crippen molar-refractivity contribution in [1.29, 1.82) is 0 Å². The second-order valence-electron chi connectivity index (χ2n) is 5.88. The van der Waals surface area contributed by atoms with E-state index in [4.69, 9.17) is 21.1 Å². The summed E-state index contributed by atoms with van der Waals surface area (Å²) in [5.41, 5.74) is 0.197. The second kappa shape index (κ2) is 9.26. The summed E-state index contributed by atoms with van der Waals surface area (Å²) in [6.07, 6.45) is 1.23. The number of nitrogens with one attached hydrogen (secondary N) is 1. The Morgan fingerprint density at radius 3 is 2.72 bits per heavy atom. The van der Waals surface area contributed by atoms with Crippen LogP contribution in [0, 0.1) is 0 Å². The molecule has 0 atom stereocenters. The van der Waals surface area contributed by atoms with E-state index >= 15 is 0 Å². The number of aromatic nitrogens is 4. The number of esters is 1. The number of hydrogen-bond acceptors (Lipinski definition) is 9. The predicted molar refractivity (Wildman–Crippen MR) is 98.4 cm³/mol. The maximum absolute atomic E-state index is 12.8. The number of carbonyl (C=O) groups is 2. The SMILES string of the molecule is O=C(COC(=O)Cn1cnnn1)Nc1ccc(Cl)c(S(=O)(=O)N2CCOCC2)c1. The topological polar surface area (TPSA) is 146 Å². The van der Waals surface area contributed by atoms with Crippen molar-refractivity contribution in [2.45, 2.75) is 11.4 Å². The summed E-state index contributed by atoms with van der Waals surface area (Å²) in [7, 11) is -3.84. The van der Waals surface area contributed by atoms with Crippen LogP contribution in [-0.2, 0) is 35.6 Å². The van der Waals surface area contributed by atoms with E-state index in [1.807, 2.05) is 0 Å². The summed E-state index contributed by atoms with van der Waals surface area (Å²) in [5, 5.41) is 12.7. The van der Waals surface area contributed by atoms with Gasteiger partial charge in [0.15, 0.2) is 6.61 Å². The van der Waals surface area contributed by atoms with E-state index in [2.05, 4.69) is 20.8 Å². The third kappa shape index (κ3) is 5.47. The van der Waals surface area contributed by atoms with Crippen molar-refractivity contribution in [3.63, 3.8) is 0 Å². The first-order valence-electron chi connectivity index (χ1n) is 8.40. The molecule has 0 aliphatic carbocycles. The molecule has 14 heteroatoms. The van der Waals surface area contributed by atoms with E-state index in [-0.39, 0.29) is 35.2 Å². The van der Waals surface area contributed by atoms with E-state index in [0.29, 0.717) is 13.2 Å². The highest BCUT2D eigenvalue weighted by Crippen LogP contribution is 2.28. The second-order valence-corrected chi connectivity index (χ2v) is 8.19. The number of halogens is 1. The Hall–Kier alpha value is -2.61. The maximum atomic E-state index is 12.8. The van der Waals surface area contributed by atoms with Crippen molar-refractivity contribution >= 4 is 39.2 Å². The summed E-state index contributed by atoms with van der Waals surface area (Å²) in [6, 6.07) is 4.07. The average Bonchev–Trinajstić information content (AvgIpc) is 3.21. The number of amides is 1. The highest BCUT2D eigenvalue weighted by molar-refractivity contribution is 7.89. The van der Waals surface area contributed by atoms with Crippen LogP contribution in [0.5, 0.6) is 0 Å². The molecule has 1 aliphatic heterocycles. The molecule has 1 aromatic heterocycles. The van der Waals surface area contributed by atoms with Gasteiger partial charge < -0.3 is 14.8 Å². The lowest BCUT2D eigenvalue weighted by atomic mass is 10.3. The minimum Gasteiger partial charge on any atom is -0.454 e. The van der Waals surface area contributed by atoms with Crippen LogP contribution in [0.25, 0.3) is 0 Å². The van der Waals surface area contributed by atoms with Crippen LogP contribution in [-0.4, -0.2) is 77.7 Å². The standard InChI is InChI=1S/C15H17ClN6O6S/c16-12-2-1-11(7-13(12)29(25,26)22-3-5-27-6-4-22)18-14(23)9-28-15(24)8-21-10-17-19-20-21/h1-2,7,10H,3-6,8-9H2,(H,18,23). The van der Waals surface area contributed by atoms with Gasteiger partial charge in [0.25, 0.3) is 5.91 Å². The molecule has 3 rings (SSSR count). The molecule has 0 saturated carbocycles. The van der Waals surface area contributed by atoms with Crippen molar-refractivity contribution in [2.75, 3.05) is 38.2 Å². The van der Waals surface area contributed by atoms with Crippen LogP contribution in [0.3, 0.4) is 0 Å². The number of tetrazole rings is 1. The van der Waals surface area contributed by atoms with Crippen LogP contribution in [0.2, 0.25) is 5.02 Å². The zero-order chi connectivity index (χ0) is 20.9. The first kappa shape index (κ1) is 21.1. The first-order chi connectivity index (χ1) is 13.9. The van der Waals surface area contributed by atoms with Gasteiger partial charge in [0.05, 0.1) is 18.2 Å². The molecular weight excluding hydrogens is 428 g/mol. The zero-order valence-corrected chi connectivity index (χ0v) is 16.6. The number of morpholine rings is 1. The van der Waals surface area contributed by atoms with Crippen LogP contribution < -0.4 is 5.32 Å². The Balaban J connectivity index is 1.61. The number of benzene rings is 1. The van der Waals surface area contributed by atoms with E-state index in [9.17, 15) is 18.0 Å². The van der Waals surface area contributed by atoms with Crippen LogP contribution >= 0.6 is 11.6 Å². The van der Waals surface area contributed by atoms with Gasteiger partial charge in [0.2, 0.25) is 10.0 Å². The number of rotatable bonds is 7. The summed E-state index contributed by atoms with van der Waals surface area (Å²) >= 11 is 6.07. The average molecular weight is 445 g/mol. The van der Waals surface area contributed by atoms with Gasteiger partial charge in [-0.15, -0.1) is 5.10 Å². The van der Waals surface area contributed by atoms with Crippen molar-refractivity contribution in [3.8, 4) is 0 Å². The molecule has 1 aliphatic rings. The quantitative estimate of drug-likeness (QED) is 0.560. The largest absolute Gasteiger partial charge is 0.454 e. The molecule has 156 valence electrons. The third-order valence-corrected chi connectivity index (χ3v) is 6.23. The number of anilines is 1. The minimum absolute atomic E-state index is 0.0300. The van der Waals surface area contributed by atoms with Crippen LogP contribution in [0.1, 0.15) is 0 Å². The van der Waals surface area contributed by atoms with Crippen LogP contribution in [0.15, 0.2) is 29.4 Å². The van der Waals surface area contributed by atoms with E-state index in [1.54, 1.807) is 0 Å². The van der Waals surface area contributed by atoms with Crippen LogP contribution in [0.4, 0.5) is 5.69 Å². The molecule has 0 radical (unpaired) electrons. The van der Waals surface area contributed by atoms with E-state index in [0.717, 1.165) is 4.68 Å². The molecular formula is C15H17ClN6O6S. The maximum Gasteiger partial charge on any atom is 0.328 e. The van der Waals surface area contributed by atoms with Gasteiger partial charge in [-0.1, -0.05) is 11.6 Å². The Kier molecular flexibility index (Phi) is 6.74. The predicted octanol–water partition coefficient (Wildman–Crippen LogP) is -0.471. The lowest BCUT2D eigenvalue weighted by molar-refractivity contribution is -0.148. The number of carbonyl (C=O) groups excluding carboxylic acids is 2. The molecule has 1 N–H and O–H groups in total. The summed E-state index contributed by atoms with van der Waals surface area (Å²) in [5.74, 6) is -1.36. The highest BCUT2D eigenvalue weighted by Gasteiger charge is 2.28. The number of ether oxygens (including phenoxy) is 2. The van der Waals surface area contributed by atoms with E-state index < -0.39 is 28.5 Å². The van der Waals surface area contributed by atoms with Gasteiger partial charge in [-0.3, -0.25) is 9.59 Å². The molecule has 0 unspecified atom stereocenters. The molecule has 1 amide bonds. The number of nitrogens with zero attached hydrogens (tertiary/aromatic N) is 5. The highest BCUT2D eigenvalue weighted by atomic mass is 35.5. The minimum atomic E-state index is -3.84. The fraction of sp³-hybridized carbons (Fsp3) is 0.400. The van der Waals surface area contributed by atoms with Gasteiger partial charge in [-0.2, -0.15) is 4.31 Å². The Labute approximate surface area is 170 Å². The molecule has 1 aromatic carbocycles. The molecule has 1 fully saturated rings. The Morgan fingerprint density at radius 2 is 2.03 bits per heavy atom. The normalized spacial score (nSPS) is 15.1. The van der Waals surface area contributed by atoms with Gasteiger partial charge in [-0.05, 0) is 28.6 Å².